The zero-order valence-corrected chi connectivity index (χ0v) is 9.05. The van der Waals surface area contributed by atoms with Gasteiger partial charge in [-0.25, -0.2) is 0 Å². The molecule has 0 fully saturated rings. The van der Waals surface area contributed by atoms with Crippen LogP contribution in [0.5, 0.6) is 0 Å². The molecule has 1 aliphatic heterocycles. The summed E-state index contributed by atoms with van der Waals surface area (Å²) in [6, 6.07) is 6.01. The van der Waals surface area contributed by atoms with Crippen LogP contribution in [-0.2, 0) is 17.8 Å². The Bertz CT molecular complexity index is 446. The summed E-state index contributed by atoms with van der Waals surface area (Å²) in [4.78, 5) is 11.3. The molecule has 1 aromatic carbocycles. The van der Waals surface area contributed by atoms with Crippen LogP contribution in [0, 0.1) is 12.3 Å². The van der Waals surface area contributed by atoms with Crippen molar-refractivity contribution in [3.8, 4) is 12.3 Å². The minimum atomic E-state index is -0.133. The third-order valence-corrected chi connectivity index (χ3v) is 2.64. The molecule has 0 saturated heterocycles. The number of fused-ring (bicyclic) bond motifs is 1. The third kappa shape index (κ3) is 2.41. The van der Waals surface area contributed by atoms with Crippen LogP contribution in [0.4, 0.5) is 5.69 Å². The molecular formula is C13H14N2O. The normalized spacial score (nSPS) is 13.7. The van der Waals surface area contributed by atoms with Gasteiger partial charge in [-0.3, -0.25) is 4.79 Å². The summed E-state index contributed by atoms with van der Waals surface area (Å²) in [5, 5.41) is 6.09. The highest BCUT2D eigenvalue weighted by atomic mass is 16.1. The van der Waals surface area contributed by atoms with Crippen LogP contribution in [0.15, 0.2) is 18.2 Å². The first-order valence-corrected chi connectivity index (χ1v) is 5.35. The highest BCUT2D eigenvalue weighted by molar-refractivity contribution is 5.92. The van der Waals surface area contributed by atoms with Crippen LogP contribution in [0.3, 0.4) is 0 Å². The van der Waals surface area contributed by atoms with E-state index < -0.39 is 0 Å². The molecule has 3 nitrogen and oxygen atoms in total. The molecule has 0 aromatic heterocycles. The monoisotopic (exact) mass is 214 g/mol. The van der Waals surface area contributed by atoms with E-state index in [0.29, 0.717) is 0 Å². The van der Waals surface area contributed by atoms with Gasteiger partial charge in [0.05, 0.1) is 6.42 Å². The number of carbonyl (C=O) groups excluding carboxylic acids is 1. The summed E-state index contributed by atoms with van der Waals surface area (Å²) in [5.41, 5.74) is 3.43. The average Bonchev–Trinajstić information content (AvgIpc) is 2.29. The number of rotatable bonds is 2. The van der Waals surface area contributed by atoms with Crippen molar-refractivity contribution >= 4 is 11.6 Å². The molecule has 3 heteroatoms. The molecule has 0 unspecified atom stereocenters. The molecule has 82 valence electrons. The maximum atomic E-state index is 11.3. The van der Waals surface area contributed by atoms with Gasteiger partial charge in [0.1, 0.15) is 0 Å². The number of amides is 1. The quantitative estimate of drug-likeness (QED) is 0.728. The summed E-state index contributed by atoms with van der Waals surface area (Å²) in [6.07, 6.45) is 6.24. The van der Waals surface area contributed by atoms with Gasteiger partial charge in [0, 0.05) is 12.2 Å². The lowest BCUT2D eigenvalue weighted by molar-refractivity contribution is -0.115. The Labute approximate surface area is 95.2 Å². The molecule has 2 rings (SSSR count). The predicted octanol–water partition coefficient (Wildman–Crippen LogP) is 1.29. The molecule has 0 radical (unpaired) electrons. The van der Waals surface area contributed by atoms with E-state index in [2.05, 4.69) is 22.6 Å². The van der Waals surface area contributed by atoms with Crippen LogP contribution in [-0.4, -0.2) is 12.5 Å². The second-order valence-electron chi connectivity index (χ2n) is 3.84. The smallest absolute Gasteiger partial charge is 0.236 e. The first-order chi connectivity index (χ1) is 7.79. The van der Waals surface area contributed by atoms with Gasteiger partial charge in [-0.2, -0.15) is 0 Å². The van der Waals surface area contributed by atoms with Crippen molar-refractivity contribution in [1.29, 1.82) is 0 Å². The second-order valence-corrected chi connectivity index (χ2v) is 3.84. The van der Waals surface area contributed by atoms with Crippen molar-refractivity contribution in [2.75, 3.05) is 11.9 Å². The molecule has 16 heavy (non-hydrogen) atoms. The number of anilines is 1. The molecule has 0 bridgehead atoms. The van der Waals surface area contributed by atoms with Crippen molar-refractivity contribution in [2.45, 2.75) is 19.4 Å². The summed E-state index contributed by atoms with van der Waals surface area (Å²) >= 11 is 0. The summed E-state index contributed by atoms with van der Waals surface area (Å²) in [5.74, 6) is 2.19. The fraction of sp³-hybridized carbons (Fsp3) is 0.308. The van der Waals surface area contributed by atoms with Crippen LogP contribution in [0.25, 0.3) is 0 Å². The van der Waals surface area contributed by atoms with Crippen LogP contribution < -0.4 is 10.6 Å². The second kappa shape index (κ2) is 4.82. The Morgan fingerprint density at radius 1 is 1.50 bits per heavy atom. The maximum absolute atomic E-state index is 11.3. The number of benzene rings is 1. The van der Waals surface area contributed by atoms with Gasteiger partial charge in [0.25, 0.3) is 0 Å². The van der Waals surface area contributed by atoms with E-state index in [0.717, 1.165) is 25.2 Å². The van der Waals surface area contributed by atoms with Crippen molar-refractivity contribution in [3.05, 3.63) is 29.3 Å². The van der Waals surface area contributed by atoms with Gasteiger partial charge in [0.15, 0.2) is 0 Å². The Kier molecular flexibility index (Phi) is 3.23. The zero-order valence-electron chi connectivity index (χ0n) is 9.05. The Morgan fingerprint density at radius 3 is 3.19 bits per heavy atom. The maximum Gasteiger partial charge on any atom is 0.236 e. The SMILES string of the molecule is C#CCC(=O)Nc1ccc2c(c1)CNCC2. The molecule has 2 N–H and O–H groups in total. The van der Waals surface area contributed by atoms with Crippen molar-refractivity contribution in [2.24, 2.45) is 0 Å². The summed E-state index contributed by atoms with van der Waals surface area (Å²) in [6.45, 7) is 1.89. The summed E-state index contributed by atoms with van der Waals surface area (Å²) in [7, 11) is 0. The third-order valence-electron chi connectivity index (χ3n) is 2.64. The van der Waals surface area contributed by atoms with Gasteiger partial charge in [0.2, 0.25) is 5.91 Å². The van der Waals surface area contributed by atoms with Gasteiger partial charge in [-0.05, 0) is 36.2 Å². The molecule has 0 aliphatic carbocycles. The van der Waals surface area contributed by atoms with Crippen LogP contribution in [0.2, 0.25) is 0 Å². The summed E-state index contributed by atoms with van der Waals surface area (Å²) < 4.78 is 0. The van der Waals surface area contributed by atoms with E-state index in [9.17, 15) is 4.79 Å². The highest BCUT2D eigenvalue weighted by Gasteiger charge is 2.09. The number of hydrogen-bond donors (Lipinski definition) is 2. The Hall–Kier alpha value is -1.79. The van der Waals surface area contributed by atoms with Gasteiger partial charge < -0.3 is 10.6 Å². The minimum absolute atomic E-state index is 0.120. The van der Waals surface area contributed by atoms with Gasteiger partial charge in [-0.1, -0.05) is 12.0 Å². The Morgan fingerprint density at radius 2 is 2.38 bits per heavy atom. The standard InChI is InChI=1S/C13H14N2O/c1-2-3-13(16)15-12-5-4-10-6-7-14-9-11(10)8-12/h1,4-5,8,14H,3,6-7,9H2,(H,15,16). The lowest BCUT2D eigenvalue weighted by Crippen LogP contribution is -2.23. The molecule has 1 aliphatic rings. The van der Waals surface area contributed by atoms with Crippen molar-refractivity contribution < 1.29 is 4.79 Å². The van der Waals surface area contributed by atoms with Crippen LogP contribution in [0.1, 0.15) is 17.5 Å². The fourth-order valence-corrected chi connectivity index (χ4v) is 1.86. The van der Waals surface area contributed by atoms with Gasteiger partial charge in [-0.15, -0.1) is 6.42 Å². The molecule has 0 saturated carbocycles. The number of hydrogen-bond acceptors (Lipinski definition) is 2. The number of terminal acetylenes is 1. The van der Waals surface area contributed by atoms with E-state index in [-0.39, 0.29) is 12.3 Å². The van der Waals surface area contributed by atoms with E-state index >= 15 is 0 Å². The zero-order chi connectivity index (χ0) is 11.4. The fourth-order valence-electron chi connectivity index (χ4n) is 1.86. The van der Waals surface area contributed by atoms with E-state index in [1.807, 2.05) is 12.1 Å². The van der Waals surface area contributed by atoms with Crippen LogP contribution >= 0.6 is 0 Å². The topological polar surface area (TPSA) is 41.1 Å². The minimum Gasteiger partial charge on any atom is -0.325 e. The van der Waals surface area contributed by atoms with E-state index in [1.165, 1.54) is 11.1 Å². The number of carbonyl (C=O) groups is 1. The van der Waals surface area contributed by atoms with E-state index in [4.69, 9.17) is 6.42 Å². The average molecular weight is 214 g/mol. The van der Waals surface area contributed by atoms with Gasteiger partial charge >= 0.3 is 0 Å². The molecule has 1 heterocycles. The largest absolute Gasteiger partial charge is 0.325 e. The molecular weight excluding hydrogens is 200 g/mol. The molecule has 1 aromatic rings. The molecule has 0 spiro atoms. The molecule has 0 atom stereocenters. The van der Waals surface area contributed by atoms with E-state index in [1.54, 1.807) is 0 Å². The number of nitrogens with one attached hydrogen (secondary N) is 2. The molecule has 1 amide bonds. The Balaban J connectivity index is 2.12. The van der Waals surface area contributed by atoms with Crippen molar-refractivity contribution in [1.82, 2.24) is 5.32 Å². The first kappa shape index (κ1) is 10.7. The highest BCUT2D eigenvalue weighted by Crippen LogP contribution is 2.18. The first-order valence-electron chi connectivity index (χ1n) is 5.35. The predicted molar refractivity (Wildman–Crippen MR) is 63.9 cm³/mol. The lowest BCUT2D eigenvalue weighted by atomic mass is 10.0. The van der Waals surface area contributed by atoms with Crippen molar-refractivity contribution in [3.63, 3.8) is 0 Å². The lowest BCUT2D eigenvalue weighted by Gasteiger charge is -2.17.